The molecule has 1 atom stereocenters. The second kappa shape index (κ2) is 9.00. The predicted octanol–water partition coefficient (Wildman–Crippen LogP) is 3.86. The largest absolute Gasteiger partial charge is 0.464 e. The molecule has 5 nitrogen and oxygen atoms in total. The van der Waals surface area contributed by atoms with Gasteiger partial charge in [-0.3, -0.25) is 0 Å². The summed E-state index contributed by atoms with van der Waals surface area (Å²) in [4.78, 5) is 15.0. The number of nitrogens with zero attached hydrogens (tertiary/aromatic N) is 1. The zero-order valence-corrected chi connectivity index (χ0v) is 14.0. The van der Waals surface area contributed by atoms with Gasteiger partial charge in [-0.15, -0.1) is 0 Å². The molecule has 0 aliphatic carbocycles. The highest BCUT2D eigenvalue weighted by Crippen LogP contribution is 2.35. The highest BCUT2D eigenvalue weighted by molar-refractivity contribution is 6.39. The van der Waals surface area contributed by atoms with Crippen molar-refractivity contribution in [3.8, 4) is 5.88 Å². The Hall–Kier alpha value is -1.27. The molecule has 0 fully saturated rings. The van der Waals surface area contributed by atoms with E-state index in [0.717, 1.165) is 19.3 Å². The molecule has 1 unspecified atom stereocenters. The van der Waals surface area contributed by atoms with E-state index in [1.54, 1.807) is 0 Å². The van der Waals surface area contributed by atoms with Crippen molar-refractivity contribution in [2.75, 3.05) is 18.9 Å². The number of nitrogens with two attached hydrogens (primary N) is 1. The van der Waals surface area contributed by atoms with E-state index in [4.69, 9.17) is 38.4 Å². The summed E-state index contributed by atoms with van der Waals surface area (Å²) in [6.07, 6.45) is 3.16. The standard InChI is InChI=1S/C14H19Cl2FN2O3/c1-3-4-5-8(2)6-21-9(20)7-22-14-11(16)12(18)10(15)13(17)19-14/h8H,3-7H2,1-2H3,(H2,18,19). The molecule has 0 spiro atoms. The van der Waals surface area contributed by atoms with Gasteiger partial charge >= 0.3 is 5.97 Å². The number of hydrogen-bond donors (Lipinski definition) is 1. The number of carbonyl (C=O) groups is 1. The number of nitrogen functional groups attached to an aromatic ring is 1. The van der Waals surface area contributed by atoms with Gasteiger partial charge in [0.2, 0.25) is 11.8 Å². The van der Waals surface area contributed by atoms with Crippen LogP contribution in [0.15, 0.2) is 0 Å². The highest BCUT2D eigenvalue weighted by atomic mass is 35.5. The van der Waals surface area contributed by atoms with Gasteiger partial charge in [0.15, 0.2) is 6.61 Å². The zero-order chi connectivity index (χ0) is 16.7. The quantitative estimate of drug-likeness (QED) is 0.567. The molecule has 1 aromatic heterocycles. The van der Waals surface area contributed by atoms with Gasteiger partial charge in [0.25, 0.3) is 0 Å². The molecule has 0 aromatic carbocycles. The minimum atomic E-state index is -1.01. The third kappa shape index (κ3) is 5.50. The molecule has 0 amide bonds. The number of carbonyl (C=O) groups excluding carboxylic acids is 1. The maximum atomic E-state index is 13.3. The SMILES string of the molecule is CCCCC(C)COC(=O)COc1nc(F)c(Cl)c(N)c1Cl. The Morgan fingerprint density at radius 3 is 2.73 bits per heavy atom. The van der Waals surface area contributed by atoms with Crippen LogP contribution in [-0.2, 0) is 9.53 Å². The Morgan fingerprint density at radius 1 is 1.41 bits per heavy atom. The fraction of sp³-hybridized carbons (Fsp3) is 0.571. The fourth-order valence-corrected chi connectivity index (χ4v) is 2.02. The second-order valence-corrected chi connectivity index (χ2v) is 5.72. The molecular formula is C14H19Cl2FN2O3. The average molecular weight is 353 g/mol. The van der Waals surface area contributed by atoms with E-state index < -0.39 is 18.5 Å². The highest BCUT2D eigenvalue weighted by Gasteiger charge is 2.17. The first-order chi connectivity index (χ1) is 10.4. The summed E-state index contributed by atoms with van der Waals surface area (Å²) in [6, 6.07) is 0. The van der Waals surface area contributed by atoms with Crippen LogP contribution in [0, 0.1) is 11.9 Å². The Bertz CT molecular complexity index is 529. The molecule has 1 rings (SSSR count). The lowest BCUT2D eigenvalue weighted by molar-refractivity contribution is -0.147. The van der Waals surface area contributed by atoms with Crippen molar-refractivity contribution in [3.63, 3.8) is 0 Å². The number of aromatic nitrogens is 1. The molecule has 0 radical (unpaired) electrons. The van der Waals surface area contributed by atoms with Crippen LogP contribution in [0.25, 0.3) is 0 Å². The maximum Gasteiger partial charge on any atom is 0.344 e. The molecule has 8 heteroatoms. The number of rotatable bonds is 8. The third-order valence-electron chi connectivity index (χ3n) is 2.95. The van der Waals surface area contributed by atoms with Gasteiger partial charge in [-0.05, 0) is 12.3 Å². The molecule has 22 heavy (non-hydrogen) atoms. The summed E-state index contributed by atoms with van der Waals surface area (Å²) in [5.74, 6) is -1.62. The number of pyridine rings is 1. The fourth-order valence-electron chi connectivity index (χ4n) is 1.65. The maximum absolute atomic E-state index is 13.3. The van der Waals surface area contributed by atoms with Gasteiger partial charge in [-0.1, -0.05) is 49.9 Å². The van der Waals surface area contributed by atoms with E-state index in [1.807, 2.05) is 6.92 Å². The van der Waals surface area contributed by atoms with E-state index in [1.165, 1.54) is 0 Å². The molecule has 124 valence electrons. The molecule has 0 aliphatic heterocycles. The molecule has 0 aliphatic rings. The molecule has 2 N–H and O–H groups in total. The summed E-state index contributed by atoms with van der Waals surface area (Å²) in [7, 11) is 0. The number of halogens is 3. The molecule has 1 heterocycles. The zero-order valence-electron chi connectivity index (χ0n) is 12.5. The first-order valence-corrected chi connectivity index (χ1v) is 7.70. The van der Waals surface area contributed by atoms with Crippen LogP contribution in [0.3, 0.4) is 0 Å². The first-order valence-electron chi connectivity index (χ1n) is 6.95. The van der Waals surface area contributed by atoms with Gasteiger partial charge in [0.05, 0.1) is 12.3 Å². The van der Waals surface area contributed by atoms with Crippen LogP contribution >= 0.6 is 23.2 Å². The number of hydrogen-bond acceptors (Lipinski definition) is 5. The van der Waals surface area contributed by atoms with Crippen LogP contribution < -0.4 is 10.5 Å². The number of anilines is 1. The van der Waals surface area contributed by atoms with Crippen LogP contribution in [0.5, 0.6) is 5.88 Å². The van der Waals surface area contributed by atoms with Crippen molar-refractivity contribution in [1.29, 1.82) is 0 Å². The normalized spacial score (nSPS) is 12.0. The van der Waals surface area contributed by atoms with E-state index >= 15 is 0 Å². The summed E-state index contributed by atoms with van der Waals surface area (Å²) in [5, 5.41) is -0.528. The van der Waals surface area contributed by atoms with Crippen LogP contribution in [0.1, 0.15) is 33.1 Å². The van der Waals surface area contributed by atoms with E-state index in [0.29, 0.717) is 6.61 Å². The van der Waals surface area contributed by atoms with E-state index in [9.17, 15) is 9.18 Å². The summed E-state index contributed by atoms with van der Waals surface area (Å²) >= 11 is 11.4. The number of unbranched alkanes of at least 4 members (excludes halogenated alkanes) is 1. The average Bonchev–Trinajstić information content (AvgIpc) is 2.50. The van der Waals surface area contributed by atoms with Crippen molar-refractivity contribution in [2.45, 2.75) is 33.1 Å². The van der Waals surface area contributed by atoms with Gasteiger partial charge < -0.3 is 15.2 Å². The Labute approximate surface area is 138 Å². The monoisotopic (exact) mass is 352 g/mol. The van der Waals surface area contributed by atoms with E-state index in [-0.39, 0.29) is 27.5 Å². The molecule has 0 bridgehead atoms. The third-order valence-corrected chi connectivity index (χ3v) is 3.67. The second-order valence-electron chi connectivity index (χ2n) is 4.97. The molecule has 0 saturated heterocycles. The topological polar surface area (TPSA) is 74.4 Å². The summed E-state index contributed by atoms with van der Waals surface area (Å²) < 4.78 is 23.4. The van der Waals surface area contributed by atoms with Crippen molar-refractivity contribution in [2.24, 2.45) is 5.92 Å². The molecule has 0 saturated carbocycles. The van der Waals surface area contributed by atoms with E-state index in [2.05, 4.69) is 11.9 Å². The van der Waals surface area contributed by atoms with Crippen molar-refractivity contribution in [3.05, 3.63) is 16.0 Å². The Morgan fingerprint density at radius 2 is 2.09 bits per heavy atom. The van der Waals surface area contributed by atoms with Crippen molar-refractivity contribution < 1.29 is 18.7 Å². The lowest BCUT2D eigenvalue weighted by atomic mass is 10.1. The molecule has 1 aromatic rings. The summed E-state index contributed by atoms with van der Waals surface area (Å²) in [6.45, 7) is 3.96. The van der Waals surface area contributed by atoms with Crippen LogP contribution in [0.2, 0.25) is 10.0 Å². The van der Waals surface area contributed by atoms with Gasteiger partial charge in [-0.2, -0.15) is 9.37 Å². The lowest BCUT2D eigenvalue weighted by Gasteiger charge is -2.12. The predicted molar refractivity (Wildman–Crippen MR) is 83.8 cm³/mol. The minimum absolute atomic E-state index is 0.143. The Kier molecular flexibility index (Phi) is 7.68. The smallest absolute Gasteiger partial charge is 0.344 e. The van der Waals surface area contributed by atoms with Crippen LogP contribution in [0.4, 0.5) is 10.1 Å². The van der Waals surface area contributed by atoms with Gasteiger partial charge in [-0.25, -0.2) is 4.79 Å². The van der Waals surface area contributed by atoms with Crippen molar-refractivity contribution in [1.82, 2.24) is 4.98 Å². The number of esters is 1. The van der Waals surface area contributed by atoms with Crippen molar-refractivity contribution >= 4 is 34.9 Å². The lowest BCUT2D eigenvalue weighted by Crippen LogP contribution is -2.19. The number of ether oxygens (including phenoxy) is 2. The molecular weight excluding hydrogens is 334 g/mol. The van der Waals surface area contributed by atoms with Crippen LogP contribution in [-0.4, -0.2) is 24.2 Å². The Balaban J connectivity index is 2.48. The van der Waals surface area contributed by atoms with Gasteiger partial charge in [0, 0.05) is 0 Å². The minimum Gasteiger partial charge on any atom is -0.464 e. The first kappa shape index (κ1) is 18.8. The van der Waals surface area contributed by atoms with Gasteiger partial charge in [0.1, 0.15) is 10.0 Å². The summed E-state index contributed by atoms with van der Waals surface area (Å²) in [5.41, 5.74) is 5.31.